The number of fused-ring (bicyclic) bond motifs is 1. The maximum atomic E-state index is 14.4. The molecule has 0 saturated carbocycles. The number of hydrogen-bond donors (Lipinski definition) is 2. The van der Waals surface area contributed by atoms with E-state index in [1.165, 1.54) is 12.1 Å². The molecule has 3 heterocycles. The molecule has 2 aliphatic rings. The van der Waals surface area contributed by atoms with Gasteiger partial charge in [0.2, 0.25) is 0 Å². The van der Waals surface area contributed by atoms with Crippen LogP contribution in [-0.2, 0) is 16.6 Å². The third-order valence-corrected chi connectivity index (χ3v) is 4.49. The summed E-state index contributed by atoms with van der Waals surface area (Å²) >= 11 is 0. The van der Waals surface area contributed by atoms with Gasteiger partial charge in [0.1, 0.15) is 23.4 Å². The van der Waals surface area contributed by atoms with Gasteiger partial charge in [0, 0.05) is 31.8 Å². The Kier molecular flexibility index (Phi) is 3.78. The van der Waals surface area contributed by atoms with Gasteiger partial charge in [0.05, 0.1) is 17.1 Å². The number of ether oxygens (including phenoxy) is 1. The van der Waals surface area contributed by atoms with Gasteiger partial charge in [-0.2, -0.15) is 5.10 Å². The van der Waals surface area contributed by atoms with Gasteiger partial charge in [0.25, 0.3) is 11.8 Å². The molecular formula is C17H18FN5O3. The van der Waals surface area contributed by atoms with Crippen LogP contribution in [0.3, 0.4) is 0 Å². The van der Waals surface area contributed by atoms with Gasteiger partial charge < -0.3 is 15.4 Å². The van der Waals surface area contributed by atoms with Crippen molar-refractivity contribution in [2.24, 2.45) is 7.05 Å². The molecule has 4 rings (SSSR count). The highest BCUT2D eigenvalue weighted by molar-refractivity contribution is 6.00. The topological polar surface area (TPSA) is 88.5 Å². The fourth-order valence-corrected chi connectivity index (χ4v) is 3.29. The molecule has 0 spiro atoms. The number of benzene rings is 1. The zero-order valence-electron chi connectivity index (χ0n) is 14.4. The number of aromatic nitrogens is 2. The first-order valence-electron chi connectivity index (χ1n) is 8.27. The van der Waals surface area contributed by atoms with Crippen LogP contribution >= 0.6 is 0 Å². The van der Waals surface area contributed by atoms with E-state index in [0.717, 1.165) is 5.69 Å². The standard InChI is InChI=1S/C17H18FN5O3/c1-9-5-16(22(2)21-9)23-4-3-11(17(23)25)19-12-7-14-13(6-10(12)18)20-15(24)8-26-14/h5-7,11,19H,3-4,8H2,1-2H3,(H,20,24). The number of carbonyl (C=O) groups is 2. The van der Waals surface area contributed by atoms with Crippen molar-refractivity contribution in [2.75, 3.05) is 28.7 Å². The highest BCUT2D eigenvalue weighted by atomic mass is 19.1. The highest BCUT2D eigenvalue weighted by Gasteiger charge is 2.34. The molecule has 2 aromatic rings. The van der Waals surface area contributed by atoms with E-state index in [1.54, 1.807) is 16.6 Å². The molecule has 0 aliphatic carbocycles. The van der Waals surface area contributed by atoms with E-state index in [4.69, 9.17) is 4.74 Å². The Bertz CT molecular complexity index is 910. The van der Waals surface area contributed by atoms with Crippen molar-refractivity contribution in [3.8, 4) is 5.75 Å². The van der Waals surface area contributed by atoms with Crippen LogP contribution in [0.1, 0.15) is 12.1 Å². The number of carbonyl (C=O) groups excluding carboxylic acids is 2. The van der Waals surface area contributed by atoms with Crippen molar-refractivity contribution in [2.45, 2.75) is 19.4 Å². The molecular weight excluding hydrogens is 341 g/mol. The molecule has 2 amide bonds. The number of nitrogens with zero attached hydrogens (tertiary/aromatic N) is 3. The lowest BCUT2D eigenvalue weighted by molar-refractivity contribution is -0.119. The maximum Gasteiger partial charge on any atom is 0.262 e. The molecule has 1 aromatic carbocycles. The summed E-state index contributed by atoms with van der Waals surface area (Å²) in [6.45, 7) is 2.27. The van der Waals surface area contributed by atoms with Gasteiger partial charge in [0.15, 0.2) is 6.61 Å². The Hall–Kier alpha value is -3.10. The molecule has 1 atom stereocenters. The fourth-order valence-electron chi connectivity index (χ4n) is 3.29. The number of rotatable bonds is 3. The molecule has 0 radical (unpaired) electrons. The molecule has 26 heavy (non-hydrogen) atoms. The quantitative estimate of drug-likeness (QED) is 0.865. The van der Waals surface area contributed by atoms with Crippen LogP contribution < -0.4 is 20.3 Å². The van der Waals surface area contributed by atoms with E-state index in [2.05, 4.69) is 15.7 Å². The second-order valence-electron chi connectivity index (χ2n) is 6.41. The molecule has 2 aliphatic heterocycles. The molecule has 0 bridgehead atoms. The first kappa shape index (κ1) is 16.4. The minimum absolute atomic E-state index is 0.117. The lowest BCUT2D eigenvalue weighted by Crippen LogP contribution is -2.34. The molecule has 1 unspecified atom stereocenters. The first-order valence-corrected chi connectivity index (χ1v) is 8.27. The number of anilines is 3. The van der Waals surface area contributed by atoms with Gasteiger partial charge in [-0.05, 0) is 13.3 Å². The van der Waals surface area contributed by atoms with Crippen LogP contribution in [0.4, 0.5) is 21.6 Å². The highest BCUT2D eigenvalue weighted by Crippen LogP contribution is 2.34. The average Bonchev–Trinajstić information content (AvgIpc) is 3.10. The number of aryl methyl sites for hydroxylation is 2. The largest absolute Gasteiger partial charge is 0.481 e. The molecule has 1 aromatic heterocycles. The molecule has 136 valence electrons. The van der Waals surface area contributed by atoms with E-state index in [0.29, 0.717) is 24.5 Å². The Labute approximate surface area is 148 Å². The van der Waals surface area contributed by atoms with Crippen LogP contribution in [0, 0.1) is 12.7 Å². The van der Waals surface area contributed by atoms with Crippen molar-refractivity contribution in [3.05, 3.63) is 29.7 Å². The van der Waals surface area contributed by atoms with Gasteiger partial charge in [-0.25, -0.2) is 4.39 Å². The van der Waals surface area contributed by atoms with E-state index >= 15 is 0 Å². The van der Waals surface area contributed by atoms with E-state index in [9.17, 15) is 14.0 Å². The predicted molar refractivity (Wildman–Crippen MR) is 92.9 cm³/mol. The van der Waals surface area contributed by atoms with Crippen LogP contribution in [0.5, 0.6) is 5.75 Å². The van der Waals surface area contributed by atoms with Crippen LogP contribution in [0.15, 0.2) is 18.2 Å². The summed E-state index contributed by atoms with van der Waals surface area (Å²) in [6.07, 6.45) is 0.539. The van der Waals surface area contributed by atoms with Crippen molar-refractivity contribution in [3.63, 3.8) is 0 Å². The summed E-state index contributed by atoms with van der Waals surface area (Å²) in [6, 6.07) is 3.96. The molecule has 8 nitrogen and oxygen atoms in total. The maximum absolute atomic E-state index is 14.4. The third-order valence-electron chi connectivity index (χ3n) is 4.49. The summed E-state index contributed by atoms with van der Waals surface area (Å²) in [4.78, 5) is 25.7. The third kappa shape index (κ3) is 2.75. The number of halogens is 1. The predicted octanol–water partition coefficient (Wildman–Crippen LogP) is 1.42. The van der Waals surface area contributed by atoms with E-state index < -0.39 is 11.9 Å². The van der Waals surface area contributed by atoms with Crippen LogP contribution in [0.25, 0.3) is 0 Å². The van der Waals surface area contributed by atoms with Gasteiger partial charge in [-0.15, -0.1) is 0 Å². The van der Waals surface area contributed by atoms with Crippen LogP contribution in [-0.4, -0.2) is 40.8 Å². The SMILES string of the molecule is Cc1cc(N2CCC(Nc3cc4c(cc3F)NC(=O)CO4)C2=O)n(C)n1. The summed E-state index contributed by atoms with van der Waals surface area (Å²) < 4.78 is 21.3. The normalized spacial score (nSPS) is 19.2. The van der Waals surface area contributed by atoms with Crippen molar-refractivity contribution in [1.82, 2.24) is 9.78 Å². The number of hydrogen-bond acceptors (Lipinski definition) is 5. The Morgan fingerprint density at radius 3 is 2.88 bits per heavy atom. The summed E-state index contributed by atoms with van der Waals surface area (Å²) in [5.41, 5.74) is 1.28. The molecule has 1 saturated heterocycles. The monoisotopic (exact) mass is 359 g/mol. The zero-order valence-corrected chi connectivity index (χ0v) is 14.4. The number of nitrogens with one attached hydrogen (secondary N) is 2. The Morgan fingerprint density at radius 2 is 2.15 bits per heavy atom. The minimum Gasteiger partial charge on any atom is -0.481 e. The second-order valence-corrected chi connectivity index (χ2v) is 6.41. The van der Waals surface area contributed by atoms with Crippen molar-refractivity contribution in [1.29, 1.82) is 0 Å². The fraction of sp³-hybridized carbons (Fsp3) is 0.353. The van der Waals surface area contributed by atoms with E-state index in [-0.39, 0.29) is 29.8 Å². The summed E-state index contributed by atoms with van der Waals surface area (Å²) in [5.74, 6) is 0.0639. The lowest BCUT2D eigenvalue weighted by atomic mass is 10.2. The van der Waals surface area contributed by atoms with Gasteiger partial charge >= 0.3 is 0 Å². The van der Waals surface area contributed by atoms with Gasteiger partial charge in [-0.1, -0.05) is 0 Å². The summed E-state index contributed by atoms with van der Waals surface area (Å²) in [7, 11) is 1.78. The van der Waals surface area contributed by atoms with Gasteiger partial charge in [-0.3, -0.25) is 19.2 Å². The number of amides is 2. The molecule has 1 fully saturated rings. The zero-order chi connectivity index (χ0) is 18.4. The Morgan fingerprint density at radius 1 is 1.35 bits per heavy atom. The minimum atomic E-state index is -0.558. The molecule has 9 heteroatoms. The first-order chi connectivity index (χ1) is 12.4. The average molecular weight is 359 g/mol. The van der Waals surface area contributed by atoms with E-state index in [1.807, 2.05) is 13.0 Å². The smallest absolute Gasteiger partial charge is 0.262 e. The van der Waals surface area contributed by atoms with Crippen molar-refractivity contribution < 1.29 is 18.7 Å². The van der Waals surface area contributed by atoms with Crippen molar-refractivity contribution >= 4 is 29.0 Å². The second kappa shape index (κ2) is 6.01. The lowest BCUT2D eigenvalue weighted by Gasteiger charge is -2.21. The Balaban J connectivity index is 1.54. The molecule has 2 N–H and O–H groups in total. The van der Waals surface area contributed by atoms with Crippen LogP contribution in [0.2, 0.25) is 0 Å². The summed E-state index contributed by atoms with van der Waals surface area (Å²) in [5, 5.41) is 9.77.